The van der Waals surface area contributed by atoms with Gasteiger partial charge in [-0.15, -0.1) is 12.4 Å². The third-order valence-electron chi connectivity index (χ3n) is 13.3. The number of carbonyl (C=O) groups excluding carboxylic acids is 6. The number of Topliss-reactive ketones (excluding diaryl/α,β-unsaturated/α-hetero) is 4. The number of piperidine rings is 8. The first-order valence-electron chi connectivity index (χ1n) is 23.3. The predicted octanol–water partition coefficient (Wildman–Crippen LogP) is 9.36. The van der Waals surface area contributed by atoms with Crippen LogP contribution in [0, 0.1) is 37.7 Å². The van der Waals surface area contributed by atoms with Gasteiger partial charge in [0, 0.05) is 164 Å². The van der Waals surface area contributed by atoms with Crippen molar-refractivity contribution in [1.29, 1.82) is 0 Å². The smallest absolute Gasteiger partial charge is 0.411 e. The minimum atomic E-state index is -3.54. The topological polar surface area (TPSA) is 217 Å². The van der Waals surface area contributed by atoms with Gasteiger partial charge in [0.25, 0.3) is 0 Å². The predicted molar refractivity (Wildman–Crippen MR) is 267 cm³/mol. The zero-order chi connectivity index (χ0) is 50.3. The first-order chi connectivity index (χ1) is 32.0. The molecule has 1 aromatic carbocycles. The number of carbonyl (C=O) groups is 6. The maximum absolute atomic E-state index is 12.8. The first kappa shape index (κ1) is 65.7. The van der Waals surface area contributed by atoms with E-state index in [9.17, 15) is 37.2 Å². The number of ether oxygens (including phenoxy) is 2. The summed E-state index contributed by atoms with van der Waals surface area (Å²) in [7, 11) is 0.431. The van der Waals surface area contributed by atoms with Crippen molar-refractivity contribution < 1.29 is 93.2 Å². The molecule has 8 heterocycles. The zero-order valence-corrected chi connectivity index (χ0v) is 46.4. The average Bonchev–Trinajstić information content (AvgIpc) is 3.21. The monoisotopic (exact) mass is 1170 g/mol. The van der Waals surface area contributed by atoms with Gasteiger partial charge in [-0.25, -0.2) is 18.0 Å². The molecular formula is C45H65ArCl6N4O12S2-. The minimum Gasteiger partial charge on any atom is -0.760 e. The third-order valence-corrected chi connectivity index (χ3v) is 15.8. The number of benzene rings is 1. The molecule has 0 radical (unpaired) electrons. The minimum absolute atomic E-state index is 0. The van der Waals surface area contributed by atoms with Crippen molar-refractivity contribution in [2.75, 3.05) is 7.05 Å². The maximum atomic E-state index is 12.8. The zero-order valence-electron chi connectivity index (χ0n) is 39.4. The number of amides is 1. The van der Waals surface area contributed by atoms with Crippen LogP contribution < -0.4 is 5.32 Å². The van der Waals surface area contributed by atoms with E-state index in [1.165, 1.54) is 57.6 Å². The summed E-state index contributed by atoms with van der Waals surface area (Å²) in [5, 5.41) is 3.97. The second-order valence-corrected chi connectivity index (χ2v) is 23.3. The van der Waals surface area contributed by atoms with Crippen LogP contribution >= 0.6 is 69.5 Å². The van der Waals surface area contributed by atoms with E-state index in [2.05, 4.69) is 32.7 Å². The maximum Gasteiger partial charge on any atom is 0.411 e. The third kappa shape index (κ3) is 21.7. The molecule has 0 aromatic heterocycles. The summed E-state index contributed by atoms with van der Waals surface area (Å²) in [4.78, 5) is 71.3. The van der Waals surface area contributed by atoms with Gasteiger partial charge in [-0.3, -0.25) is 28.3 Å². The van der Waals surface area contributed by atoms with Gasteiger partial charge >= 0.3 is 11.5 Å². The van der Waals surface area contributed by atoms with Crippen LogP contribution in [0.25, 0.3) is 0 Å². The van der Waals surface area contributed by atoms with E-state index in [0.717, 1.165) is 64.2 Å². The number of sulfonamides is 1. The van der Waals surface area contributed by atoms with Crippen LogP contribution in [-0.4, -0.2) is 132 Å². The van der Waals surface area contributed by atoms with E-state index in [-0.39, 0.29) is 96.9 Å². The standard InChI is InChI=1S/C14H16ClNO3S.C11H16ClNO3.C9H15NO.C8H13NO.C3H4Cl2O2.Ar.ClHO2S.ClH/c15-10-4-6-14(7-5-10)20(18,19)16-11-2-1-3-12(16)9-13(17)8-11;1-7(12)16-11(15)13-8-3-2-4-9(13)6-10(14)5-8;1-10-7-3-2-4-8(10)6-9(11)5-7;10-8-4-6-2-1-3-7(5-8)9-6;1-2(4)7-3(5)6;;1-4(2)3;/h4-7,11-12H,1-3,8-9H2;7-9H,2-6H2,1H3;7-8H,2-6H2,1H3;6-7,9H,1-5H2;2H,1H3;;(H,2,3);1H/p-1. The van der Waals surface area contributed by atoms with Crippen molar-refractivity contribution in [2.45, 2.75) is 207 Å². The fourth-order valence-corrected chi connectivity index (χ4v) is 12.8. The molecule has 25 heteroatoms. The molecule has 1 N–H and O–H groups in total. The van der Waals surface area contributed by atoms with E-state index in [4.69, 9.17) is 59.9 Å². The van der Waals surface area contributed by atoms with Crippen molar-refractivity contribution in [3.05, 3.63) is 29.3 Å². The summed E-state index contributed by atoms with van der Waals surface area (Å²) in [6.07, 6.45) is 17.4. The average molecular weight is 1170 g/mol. The number of nitrogens with zero attached hydrogens (tertiary/aromatic N) is 3. The van der Waals surface area contributed by atoms with E-state index < -0.39 is 36.9 Å². The number of hydrogen-bond donors (Lipinski definition) is 1. The molecule has 9 rings (SSSR count). The molecule has 70 heavy (non-hydrogen) atoms. The van der Waals surface area contributed by atoms with Crippen molar-refractivity contribution in [3.8, 4) is 0 Å². The van der Waals surface area contributed by atoms with Crippen LogP contribution in [0.1, 0.15) is 142 Å². The van der Waals surface area contributed by atoms with Crippen LogP contribution in [0.4, 0.5) is 9.59 Å². The van der Waals surface area contributed by atoms with Gasteiger partial charge in [-0.1, -0.05) is 54.1 Å². The molecule has 1 amide bonds. The van der Waals surface area contributed by atoms with Crippen LogP contribution in [0.15, 0.2) is 29.2 Å². The number of hydrogen-bond acceptors (Lipinski definition) is 14. The van der Waals surface area contributed by atoms with Crippen LogP contribution in [0.2, 0.25) is 5.02 Å². The Bertz CT molecular complexity index is 1970. The summed E-state index contributed by atoms with van der Waals surface area (Å²) in [5.74, 6) is 1.39. The van der Waals surface area contributed by atoms with Crippen molar-refractivity contribution in [1.82, 2.24) is 19.4 Å². The largest absolute Gasteiger partial charge is 0.760 e. The number of halogens is 6. The van der Waals surface area contributed by atoms with Gasteiger partial charge < -0.3 is 24.2 Å². The van der Waals surface area contributed by atoms with Gasteiger partial charge in [0.1, 0.15) is 23.1 Å². The molecule has 0 aliphatic carbocycles. The summed E-state index contributed by atoms with van der Waals surface area (Å²) >= 11 is 21.3. The van der Waals surface area contributed by atoms with Crippen LogP contribution in [0.3, 0.4) is 0 Å². The molecule has 8 aliphatic rings. The Hall–Kier alpha value is -0.420. The molecular weight excluding hydrogens is 1110 g/mol. The molecule has 0 spiro atoms. The fourth-order valence-electron chi connectivity index (χ4n) is 10.5. The molecule has 16 nitrogen and oxygen atoms in total. The molecule has 8 saturated heterocycles. The van der Waals surface area contributed by atoms with E-state index >= 15 is 0 Å². The molecule has 1 aromatic rings. The molecule has 400 valence electrons. The number of fused-ring (bicyclic) bond motifs is 8. The fraction of sp³-hybridized carbons (Fsp3) is 0.733. The molecule has 11 atom stereocenters. The molecule has 11 unspecified atom stereocenters. The molecule has 0 saturated carbocycles. The number of nitrogens with one attached hydrogen (secondary N) is 1. The van der Waals surface area contributed by atoms with Crippen molar-refractivity contribution >= 4 is 124 Å². The first-order valence-corrected chi connectivity index (χ1v) is 28.2. The molecule has 8 fully saturated rings. The quantitative estimate of drug-likeness (QED) is 0.169. The Labute approximate surface area is 475 Å². The number of ketones is 4. The van der Waals surface area contributed by atoms with Crippen LogP contribution in [-0.2, 0) is 49.0 Å². The Kier molecular flexibility index (Phi) is 30.2. The Morgan fingerprint density at radius 3 is 1.40 bits per heavy atom. The summed E-state index contributed by atoms with van der Waals surface area (Å²) in [6, 6.07) is 8.16. The second-order valence-electron chi connectivity index (χ2n) is 18.4. The van der Waals surface area contributed by atoms with E-state index in [1.807, 2.05) is 0 Å². The summed E-state index contributed by atoms with van der Waals surface area (Å²) < 4.78 is 53.8. The Morgan fingerprint density at radius 2 is 1.01 bits per heavy atom. The second kappa shape index (κ2) is 32.2. The van der Waals surface area contributed by atoms with Crippen molar-refractivity contribution in [3.63, 3.8) is 0 Å². The molecule has 8 aliphatic heterocycles. The van der Waals surface area contributed by atoms with Gasteiger partial charge in [0.2, 0.25) is 10.0 Å². The number of alkyl halides is 2. The summed E-state index contributed by atoms with van der Waals surface area (Å²) in [5.41, 5.74) is -2.13. The van der Waals surface area contributed by atoms with Gasteiger partial charge in [0.15, 0.2) is 11.1 Å². The van der Waals surface area contributed by atoms with Gasteiger partial charge in [-0.05, 0) is 114 Å². The van der Waals surface area contributed by atoms with Crippen molar-refractivity contribution in [2.24, 2.45) is 0 Å². The van der Waals surface area contributed by atoms with Gasteiger partial charge in [-0.2, -0.15) is 4.31 Å². The Balaban J connectivity index is 0.000000303. The van der Waals surface area contributed by atoms with E-state index in [0.29, 0.717) is 66.4 Å². The van der Waals surface area contributed by atoms with Gasteiger partial charge in [0.05, 0.1) is 4.90 Å². The SMILES string of the molecule is CC(Cl)OC(=O)Cl.CC(Cl)OC(=O)N1C2CCCC1CC(=O)C2.CN1C2CCCC1CC(=O)C2.Cl.O=C1CC2CCCC(C1)N2.O=C1CC2CCCC(C1)N2S(=O)(=O)c1ccc(Cl)cc1.O=S([O-])Cl.[Ar]. The normalized spacial score (nSPS) is 29.0. The van der Waals surface area contributed by atoms with E-state index in [1.54, 1.807) is 28.3 Å². The van der Waals surface area contributed by atoms with Crippen LogP contribution in [0.5, 0.6) is 0 Å². The molecule has 8 bridgehead atoms. The Morgan fingerprint density at radius 1 is 0.671 bits per heavy atom. The summed E-state index contributed by atoms with van der Waals surface area (Å²) in [6.45, 7) is 3.12. The number of rotatable bonds is 4.